The fraction of sp³-hybridized carbons (Fsp3) is 0.500. The van der Waals surface area contributed by atoms with Crippen molar-refractivity contribution in [2.45, 2.75) is 51.2 Å². The van der Waals surface area contributed by atoms with Crippen LogP contribution in [0.1, 0.15) is 44.6 Å². The van der Waals surface area contributed by atoms with Crippen LogP contribution in [0.15, 0.2) is 30.3 Å². The van der Waals surface area contributed by atoms with Crippen molar-refractivity contribution in [2.75, 3.05) is 13.1 Å². The number of nitrogens with one attached hydrogen (secondary N) is 1. The lowest BCUT2D eigenvalue weighted by Gasteiger charge is -2.33. The zero-order chi connectivity index (χ0) is 17.6. The molecule has 1 aromatic rings. The summed E-state index contributed by atoms with van der Waals surface area (Å²) in [5, 5.41) is 2.81. The van der Waals surface area contributed by atoms with Gasteiger partial charge in [-0.05, 0) is 55.9 Å². The fourth-order valence-corrected chi connectivity index (χ4v) is 3.54. The van der Waals surface area contributed by atoms with E-state index in [1.165, 1.54) is 12.8 Å². The molecule has 1 atom stereocenters. The molecule has 2 fully saturated rings. The lowest BCUT2D eigenvalue weighted by Crippen LogP contribution is -2.56. The van der Waals surface area contributed by atoms with E-state index < -0.39 is 0 Å². The summed E-state index contributed by atoms with van der Waals surface area (Å²) in [6, 6.07) is 7.44. The third-order valence-electron chi connectivity index (χ3n) is 4.88. The third-order valence-corrected chi connectivity index (χ3v) is 4.88. The number of carbonyl (C=O) groups is 2. The molecule has 1 saturated heterocycles. The summed E-state index contributed by atoms with van der Waals surface area (Å²) in [6.45, 7) is 2.99. The van der Waals surface area contributed by atoms with Gasteiger partial charge in [0, 0.05) is 19.2 Å². The van der Waals surface area contributed by atoms with E-state index in [0.717, 1.165) is 24.2 Å². The standard InChI is InChI=1S/C20H26N2O3/c1-2-18-20(24)21-12-13-22(18)19(23)11-10-15-6-5-9-17(14-15)25-16-7-3-4-8-16/h5-6,9-11,14,16,18H,2-4,7-8,12-13H2,1H3,(H,21,24)/b11-10+. The van der Waals surface area contributed by atoms with E-state index in [9.17, 15) is 9.59 Å². The second-order valence-electron chi connectivity index (χ2n) is 6.68. The van der Waals surface area contributed by atoms with Crippen molar-refractivity contribution in [1.29, 1.82) is 0 Å². The van der Waals surface area contributed by atoms with Crippen molar-refractivity contribution in [3.8, 4) is 5.75 Å². The number of carbonyl (C=O) groups excluding carboxylic acids is 2. The average molecular weight is 342 g/mol. The number of rotatable bonds is 5. The van der Waals surface area contributed by atoms with Crippen molar-refractivity contribution in [1.82, 2.24) is 10.2 Å². The predicted octanol–water partition coefficient (Wildman–Crippen LogP) is 2.76. The van der Waals surface area contributed by atoms with Crippen LogP contribution < -0.4 is 10.1 Å². The second-order valence-corrected chi connectivity index (χ2v) is 6.68. The largest absolute Gasteiger partial charge is 0.490 e. The van der Waals surface area contributed by atoms with Crippen molar-refractivity contribution in [3.63, 3.8) is 0 Å². The van der Waals surface area contributed by atoms with Gasteiger partial charge in [0.2, 0.25) is 11.8 Å². The molecule has 0 spiro atoms. The highest BCUT2D eigenvalue weighted by Crippen LogP contribution is 2.25. The normalized spacial score (nSPS) is 21.6. The molecule has 1 N–H and O–H groups in total. The Kier molecular flexibility index (Phi) is 5.74. The Bertz CT molecular complexity index is 650. The SMILES string of the molecule is CCC1C(=O)NCCN1C(=O)/C=C/c1cccc(OC2CCCC2)c1. The lowest BCUT2D eigenvalue weighted by atomic mass is 10.1. The molecule has 1 unspecified atom stereocenters. The molecule has 134 valence electrons. The van der Waals surface area contributed by atoms with Crippen LogP contribution in [0.2, 0.25) is 0 Å². The molecular weight excluding hydrogens is 316 g/mol. The molecule has 1 heterocycles. The van der Waals surface area contributed by atoms with Gasteiger partial charge in [-0.3, -0.25) is 9.59 Å². The van der Waals surface area contributed by atoms with Crippen molar-refractivity contribution in [2.24, 2.45) is 0 Å². The molecule has 2 amide bonds. The van der Waals surface area contributed by atoms with Crippen LogP contribution in [0, 0.1) is 0 Å². The lowest BCUT2D eigenvalue weighted by molar-refractivity contribution is -0.140. The molecule has 1 aliphatic heterocycles. The minimum absolute atomic E-state index is 0.0672. The van der Waals surface area contributed by atoms with Gasteiger partial charge >= 0.3 is 0 Å². The Morgan fingerprint density at radius 1 is 1.36 bits per heavy atom. The molecule has 1 aromatic carbocycles. The van der Waals surface area contributed by atoms with Crippen molar-refractivity contribution in [3.05, 3.63) is 35.9 Å². The van der Waals surface area contributed by atoms with Gasteiger partial charge in [-0.25, -0.2) is 0 Å². The number of benzene rings is 1. The highest BCUT2D eigenvalue weighted by molar-refractivity contribution is 5.96. The molecule has 1 saturated carbocycles. The molecule has 25 heavy (non-hydrogen) atoms. The number of amides is 2. The molecule has 1 aliphatic carbocycles. The highest BCUT2D eigenvalue weighted by atomic mass is 16.5. The minimum atomic E-state index is -0.372. The van der Waals surface area contributed by atoms with E-state index in [1.54, 1.807) is 17.1 Å². The van der Waals surface area contributed by atoms with Gasteiger partial charge in [0.05, 0.1) is 6.10 Å². The van der Waals surface area contributed by atoms with Crippen LogP contribution in [0.3, 0.4) is 0 Å². The number of hydrogen-bond donors (Lipinski definition) is 1. The van der Waals surface area contributed by atoms with Gasteiger partial charge < -0.3 is 15.0 Å². The zero-order valence-corrected chi connectivity index (χ0v) is 14.7. The van der Waals surface area contributed by atoms with Gasteiger partial charge in [0.15, 0.2) is 0 Å². The smallest absolute Gasteiger partial charge is 0.247 e. The monoisotopic (exact) mass is 342 g/mol. The van der Waals surface area contributed by atoms with Crippen molar-refractivity contribution >= 4 is 17.9 Å². The number of piperazine rings is 1. The summed E-state index contributed by atoms with van der Waals surface area (Å²) in [4.78, 5) is 26.0. The van der Waals surface area contributed by atoms with Crippen LogP contribution >= 0.6 is 0 Å². The molecule has 3 rings (SSSR count). The maximum Gasteiger partial charge on any atom is 0.247 e. The molecule has 0 radical (unpaired) electrons. The van der Waals surface area contributed by atoms with E-state index in [4.69, 9.17) is 4.74 Å². The Morgan fingerprint density at radius 3 is 2.92 bits per heavy atom. The van der Waals surface area contributed by atoms with E-state index in [1.807, 2.05) is 31.2 Å². The topological polar surface area (TPSA) is 58.6 Å². The van der Waals surface area contributed by atoms with E-state index in [0.29, 0.717) is 25.6 Å². The van der Waals surface area contributed by atoms with Crippen LogP contribution in [0.5, 0.6) is 5.75 Å². The summed E-state index contributed by atoms with van der Waals surface area (Å²) in [5.41, 5.74) is 0.929. The number of nitrogens with zero attached hydrogens (tertiary/aromatic N) is 1. The van der Waals surface area contributed by atoms with E-state index in [2.05, 4.69) is 5.32 Å². The van der Waals surface area contributed by atoms with Gasteiger partial charge in [0.25, 0.3) is 0 Å². The van der Waals surface area contributed by atoms with Crippen LogP contribution in [-0.2, 0) is 9.59 Å². The van der Waals surface area contributed by atoms with Crippen LogP contribution in [0.4, 0.5) is 0 Å². The van der Waals surface area contributed by atoms with Crippen LogP contribution in [-0.4, -0.2) is 41.9 Å². The molecule has 5 heteroatoms. The third kappa shape index (κ3) is 4.41. The first-order chi connectivity index (χ1) is 12.2. The summed E-state index contributed by atoms with van der Waals surface area (Å²) < 4.78 is 6.01. The summed E-state index contributed by atoms with van der Waals surface area (Å²) in [6.07, 6.45) is 9.00. The number of ether oxygens (including phenoxy) is 1. The second kappa shape index (κ2) is 8.19. The Balaban J connectivity index is 1.64. The molecule has 0 aromatic heterocycles. The van der Waals surface area contributed by atoms with Crippen LogP contribution in [0.25, 0.3) is 6.08 Å². The Hall–Kier alpha value is -2.30. The first-order valence-electron chi connectivity index (χ1n) is 9.20. The first kappa shape index (κ1) is 17.5. The predicted molar refractivity (Wildman–Crippen MR) is 97.2 cm³/mol. The Morgan fingerprint density at radius 2 is 2.16 bits per heavy atom. The van der Waals surface area contributed by atoms with Gasteiger partial charge in [-0.2, -0.15) is 0 Å². The minimum Gasteiger partial charge on any atom is -0.490 e. The zero-order valence-electron chi connectivity index (χ0n) is 14.7. The van der Waals surface area contributed by atoms with E-state index >= 15 is 0 Å². The highest BCUT2D eigenvalue weighted by Gasteiger charge is 2.30. The van der Waals surface area contributed by atoms with Gasteiger partial charge in [0.1, 0.15) is 11.8 Å². The van der Waals surface area contributed by atoms with Crippen molar-refractivity contribution < 1.29 is 14.3 Å². The fourth-order valence-electron chi connectivity index (χ4n) is 3.54. The maximum atomic E-state index is 12.5. The molecule has 0 bridgehead atoms. The first-order valence-corrected chi connectivity index (χ1v) is 9.20. The molecule has 5 nitrogen and oxygen atoms in total. The summed E-state index contributed by atoms with van der Waals surface area (Å²) in [7, 11) is 0. The molecule has 2 aliphatic rings. The van der Waals surface area contributed by atoms with Gasteiger partial charge in [-0.15, -0.1) is 0 Å². The van der Waals surface area contributed by atoms with E-state index in [-0.39, 0.29) is 17.9 Å². The maximum absolute atomic E-state index is 12.5. The van der Waals surface area contributed by atoms with Gasteiger partial charge in [-0.1, -0.05) is 19.1 Å². The quantitative estimate of drug-likeness (QED) is 0.837. The Labute approximate surface area is 149 Å². The average Bonchev–Trinajstić information content (AvgIpc) is 3.13. The summed E-state index contributed by atoms with van der Waals surface area (Å²) >= 11 is 0. The molecular formula is C20H26N2O3. The summed E-state index contributed by atoms with van der Waals surface area (Å²) in [5.74, 6) is 0.663. The number of hydrogen-bond acceptors (Lipinski definition) is 3.